The maximum absolute atomic E-state index is 13.4. The highest BCUT2D eigenvalue weighted by atomic mass is 19.4. The van der Waals surface area contributed by atoms with Crippen LogP contribution in [0.3, 0.4) is 0 Å². The van der Waals surface area contributed by atoms with E-state index in [9.17, 15) is 13.2 Å². The van der Waals surface area contributed by atoms with Crippen molar-refractivity contribution >= 4 is 0 Å². The van der Waals surface area contributed by atoms with E-state index in [0.717, 1.165) is 27.8 Å². The van der Waals surface area contributed by atoms with E-state index in [4.69, 9.17) is 0 Å². The van der Waals surface area contributed by atoms with Gasteiger partial charge in [0.2, 0.25) is 0 Å². The number of hydrogen-bond donors (Lipinski definition) is 1. The highest BCUT2D eigenvalue weighted by Gasteiger charge is 2.42. The van der Waals surface area contributed by atoms with Crippen molar-refractivity contribution in [1.29, 1.82) is 0 Å². The SMILES string of the molecule is CCCNC(c1c(C)c(C)c(C)c(C)c1C)C(F)(F)F. The standard InChI is InChI=1S/C16H24F3N/c1-7-8-20-15(16(17,18)19)14-12(5)10(3)9(2)11(4)13(14)6/h15,20H,7-8H2,1-6H3. The van der Waals surface area contributed by atoms with E-state index in [1.807, 2.05) is 27.7 Å². The second kappa shape index (κ2) is 6.17. The van der Waals surface area contributed by atoms with Crippen molar-refractivity contribution in [2.45, 2.75) is 60.2 Å². The third kappa shape index (κ3) is 3.17. The predicted octanol–water partition coefficient (Wildman–Crippen LogP) is 4.83. The number of halogens is 3. The largest absolute Gasteiger partial charge is 0.407 e. The smallest absolute Gasteiger partial charge is 0.302 e. The maximum Gasteiger partial charge on any atom is 0.407 e. The van der Waals surface area contributed by atoms with E-state index < -0.39 is 12.2 Å². The monoisotopic (exact) mass is 287 g/mol. The maximum atomic E-state index is 13.4. The quantitative estimate of drug-likeness (QED) is 0.836. The van der Waals surface area contributed by atoms with Gasteiger partial charge in [-0.3, -0.25) is 0 Å². The predicted molar refractivity (Wildman–Crippen MR) is 77.2 cm³/mol. The number of hydrogen-bond acceptors (Lipinski definition) is 1. The van der Waals surface area contributed by atoms with Gasteiger partial charge in [-0.25, -0.2) is 0 Å². The minimum atomic E-state index is -4.28. The minimum Gasteiger partial charge on any atom is -0.302 e. The topological polar surface area (TPSA) is 12.0 Å². The van der Waals surface area contributed by atoms with Crippen LogP contribution in [0.5, 0.6) is 0 Å². The van der Waals surface area contributed by atoms with E-state index >= 15 is 0 Å². The normalized spacial score (nSPS) is 13.7. The van der Waals surface area contributed by atoms with Gasteiger partial charge < -0.3 is 5.32 Å². The molecule has 1 aromatic carbocycles. The van der Waals surface area contributed by atoms with Gasteiger partial charge in [-0.15, -0.1) is 0 Å². The first kappa shape index (κ1) is 17.0. The van der Waals surface area contributed by atoms with Crippen molar-refractivity contribution in [2.24, 2.45) is 0 Å². The fourth-order valence-electron chi connectivity index (χ4n) is 2.63. The molecule has 1 nitrogen and oxygen atoms in total. The molecular weight excluding hydrogens is 263 g/mol. The molecule has 0 aliphatic heterocycles. The van der Waals surface area contributed by atoms with Gasteiger partial charge in [0.05, 0.1) is 0 Å². The molecule has 0 bridgehead atoms. The first-order chi connectivity index (χ1) is 9.12. The van der Waals surface area contributed by atoms with E-state index in [1.54, 1.807) is 13.8 Å². The van der Waals surface area contributed by atoms with Crippen molar-refractivity contribution in [3.8, 4) is 0 Å². The van der Waals surface area contributed by atoms with Crippen LogP contribution in [0, 0.1) is 34.6 Å². The Kier molecular flexibility index (Phi) is 5.25. The molecule has 0 radical (unpaired) electrons. The highest BCUT2D eigenvalue weighted by Crippen LogP contribution is 2.38. The van der Waals surface area contributed by atoms with Gasteiger partial charge in [-0.1, -0.05) is 6.92 Å². The van der Waals surface area contributed by atoms with Crippen molar-refractivity contribution < 1.29 is 13.2 Å². The zero-order valence-corrected chi connectivity index (χ0v) is 13.1. The van der Waals surface area contributed by atoms with E-state index in [0.29, 0.717) is 18.5 Å². The molecule has 1 atom stereocenters. The van der Waals surface area contributed by atoms with Crippen molar-refractivity contribution in [2.75, 3.05) is 6.54 Å². The fraction of sp³-hybridized carbons (Fsp3) is 0.625. The third-order valence-corrected chi connectivity index (χ3v) is 4.27. The van der Waals surface area contributed by atoms with Gasteiger partial charge >= 0.3 is 6.18 Å². The Morgan fingerprint density at radius 2 is 1.25 bits per heavy atom. The average molecular weight is 287 g/mol. The molecule has 1 unspecified atom stereocenters. The molecule has 0 aliphatic carbocycles. The van der Waals surface area contributed by atoms with Crippen LogP contribution in [0.2, 0.25) is 0 Å². The minimum absolute atomic E-state index is 0.356. The lowest BCUT2D eigenvalue weighted by atomic mass is 9.86. The van der Waals surface area contributed by atoms with Crippen LogP contribution in [0.25, 0.3) is 0 Å². The van der Waals surface area contributed by atoms with Crippen LogP contribution in [-0.4, -0.2) is 12.7 Å². The van der Waals surface area contributed by atoms with E-state index in [-0.39, 0.29) is 0 Å². The van der Waals surface area contributed by atoms with Gasteiger partial charge in [-0.2, -0.15) is 13.2 Å². The summed E-state index contributed by atoms with van der Waals surface area (Å²) in [5, 5.41) is 2.66. The molecule has 1 aromatic rings. The van der Waals surface area contributed by atoms with Crippen molar-refractivity contribution in [3.05, 3.63) is 33.4 Å². The lowest BCUT2D eigenvalue weighted by molar-refractivity contribution is -0.157. The Balaban J connectivity index is 3.48. The molecule has 0 saturated carbocycles. The summed E-state index contributed by atoms with van der Waals surface area (Å²) in [6.07, 6.45) is -3.60. The number of alkyl halides is 3. The van der Waals surface area contributed by atoms with Gasteiger partial charge in [0.25, 0.3) is 0 Å². The Labute approximate surface area is 119 Å². The van der Waals surface area contributed by atoms with Crippen LogP contribution in [0.15, 0.2) is 0 Å². The Bertz CT molecular complexity index is 460. The summed E-state index contributed by atoms with van der Waals surface area (Å²) in [4.78, 5) is 0. The van der Waals surface area contributed by atoms with Crippen molar-refractivity contribution in [1.82, 2.24) is 5.32 Å². The fourth-order valence-corrected chi connectivity index (χ4v) is 2.63. The summed E-state index contributed by atoms with van der Waals surface area (Å²) in [6.45, 7) is 11.6. The summed E-state index contributed by atoms with van der Waals surface area (Å²) in [5.74, 6) is 0. The van der Waals surface area contributed by atoms with Crippen LogP contribution in [-0.2, 0) is 0 Å². The Morgan fingerprint density at radius 1 is 0.850 bits per heavy atom. The van der Waals surface area contributed by atoms with Gasteiger partial charge in [0.15, 0.2) is 0 Å². The highest BCUT2D eigenvalue weighted by molar-refractivity contribution is 5.51. The Hall–Kier alpha value is -1.03. The summed E-state index contributed by atoms with van der Waals surface area (Å²) in [6, 6.07) is -1.58. The summed E-state index contributed by atoms with van der Waals surface area (Å²) >= 11 is 0. The summed E-state index contributed by atoms with van der Waals surface area (Å²) in [5.41, 5.74) is 4.88. The molecule has 0 saturated heterocycles. The molecule has 114 valence electrons. The van der Waals surface area contributed by atoms with Crippen LogP contribution >= 0.6 is 0 Å². The third-order valence-electron chi connectivity index (χ3n) is 4.27. The second-order valence-corrected chi connectivity index (χ2v) is 5.47. The summed E-state index contributed by atoms with van der Waals surface area (Å²) in [7, 11) is 0. The zero-order valence-electron chi connectivity index (χ0n) is 13.1. The molecule has 1 rings (SSSR count). The molecule has 0 amide bonds. The molecule has 0 aromatic heterocycles. The lowest BCUT2D eigenvalue weighted by Crippen LogP contribution is -2.36. The average Bonchev–Trinajstić information content (AvgIpc) is 2.36. The molecule has 0 heterocycles. The van der Waals surface area contributed by atoms with Gasteiger partial charge in [-0.05, 0) is 81.0 Å². The molecular formula is C16H24F3N. The first-order valence-electron chi connectivity index (χ1n) is 6.99. The molecule has 1 N–H and O–H groups in total. The zero-order chi connectivity index (χ0) is 15.7. The number of nitrogens with one attached hydrogen (secondary N) is 1. The van der Waals surface area contributed by atoms with Crippen LogP contribution in [0.4, 0.5) is 13.2 Å². The molecule has 4 heteroatoms. The number of benzene rings is 1. The lowest BCUT2D eigenvalue weighted by Gasteiger charge is -2.28. The summed E-state index contributed by atoms with van der Waals surface area (Å²) < 4.78 is 40.2. The van der Waals surface area contributed by atoms with Crippen molar-refractivity contribution in [3.63, 3.8) is 0 Å². The van der Waals surface area contributed by atoms with Gasteiger partial charge in [0, 0.05) is 0 Å². The molecule has 0 aliphatic rings. The van der Waals surface area contributed by atoms with Crippen LogP contribution in [0.1, 0.15) is 52.8 Å². The number of rotatable bonds is 4. The van der Waals surface area contributed by atoms with E-state index in [1.165, 1.54) is 0 Å². The Morgan fingerprint density at radius 3 is 1.60 bits per heavy atom. The molecule has 0 fully saturated rings. The van der Waals surface area contributed by atoms with Gasteiger partial charge in [0.1, 0.15) is 6.04 Å². The molecule has 20 heavy (non-hydrogen) atoms. The second-order valence-electron chi connectivity index (χ2n) is 5.47. The molecule has 0 spiro atoms. The first-order valence-corrected chi connectivity index (χ1v) is 6.99. The van der Waals surface area contributed by atoms with E-state index in [2.05, 4.69) is 5.32 Å². The van der Waals surface area contributed by atoms with Crippen LogP contribution < -0.4 is 5.32 Å².